The van der Waals surface area contributed by atoms with Crippen LogP contribution in [0.4, 0.5) is 0 Å². The van der Waals surface area contributed by atoms with Crippen LogP contribution in [0.3, 0.4) is 0 Å². The molecule has 0 saturated heterocycles. The van der Waals surface area contributed by atoms with Crippen molar-refractivity contribution in [2.75, 3.05) is 0 Å². The molecule has 0 amide bonds. The van der Waals surface area contributed by atoms with E-state index in [0.29, 0.717) is 22.9 Å². The second-order valence-electron chi connectivity index (χ2n) is 7.46. The van der Waals surface area contributed by atoms with Crippen LogP contribution in [0.25, 0.3) is 0 Å². The summed E-state index contributed by atoms with van der Waals surface area (Å²) in [4.78, 5) is 0. The molecule has 1 unspecified atom stereocenters. The SMILES string of the molecule is C[C@@H](NC1C[C@H]2CC[C@]1(C)C2(C)C)c1ccccc1. The van der Waals surface area contributed by atoms with Crippen LogP contribution < -0.4 is 5.32 Å². The Hall–Kier alpha value is -0.820. The normalized spacial score (nSPS) is 37.5. The van der Waals surface area contributed by atoms with E-state index in [4.69, 9.17) is 0 Å². The van der Waals surface area contributed by atoms with Gasteiger partial charge in [-0.2, -0.15) is 0 Å². The molecule has 1 aromatic rings. The highest BCUT2D eigenvalue weighted by Gasteiger charge is 2.61. The Labute approximate surface area is 117 Å². The first kappa shape index (κ1) is 13.2. The Morgan fingerprint density at radius 3 is 2.37 bits per heavy atom. The third-order valence-electron chi connectivity index (χ3n) is 6.54. The molecule has 4 atom stereocenters. The highest BCUT2D eigenvalue weighted by molar-refractivity contribution is 5.20. The molecule has 1 heteroatoms. The molecule has 2 fully saturated rings. The largest absolute Gasteiger partial charge is 0.307 e. The van der Waals surface area contributed by atoms with E-state index in [9.17, 15) is 0 Å². The molecule has 2 saturated carbocycles. The van der Waals surface area contributed by atoms with Gasteiger partial charge in [0.2, 0.25) is 0 Å². The molecule has 1 N–H and O–H groups in total. The van der Waals surface area contributed by atoms with Crippen molar-refractivity contribution in [3.8, 4) is 0 Å². The minimum absolute atomic E-state index is 0.457. The second-order valence-corrected chi connectivity index (χ2v) is 7.46. The van der Waals surface area contributed by atoms with E-state index < -0.39 is 0 Å². The van der Waals surface area contributed by atoms with E-state index in [0.717, 1.165) is 5.92 Å². The van der Waals surface area contributed by atoms with Crippen molar-refractivity contribution in [1.29, 1.82) is 0 Å². The summed E-state index contributed by atoms with van der Waals surface area (Å²) in [7, 11) is 0. The van der Waals surface area contributed by atoms with Gasteiger partial charge in [-0.15, -0.1) is 0 Å². The Morgan fingerprint density at radius 2 is 1.84 bits per heavy atom. The molecule has 0 aromatic heterocycles. The van der Waals surface area contributed by atoms with Crippen molar-refractivity contribution < 1.29 is 0 Å². The van der Waals surface area contributed by atoms with E-state index in [1.54, 1.807) is 0 Å². The quantitative estimate of drug-likeness (QED) is 0.837. The molecule has 19 heavy (non-hydrogen) atoms. The minimum Gasteiger partial charge on any atom is -0.307 e. The van der Waals surface area contributed by atoms with Crippen LogP contribution >= 0.6 is 0 Å². The van der Waals surface area contributed by atoms with Gasteiger partial charge in [-0.05, 0) is 48.5 Å². The lowest BCUT2D eigenvalue weighted by molar-refractivity contribution is 0.116. The fourth-order valence-electron chi connectivity index (χ4n) is 4.60. The Bertz CT molecular complexity index is 450. The summed E-state index contributed by atoms with van der Waals surface area (Å²) in [6.45, 7) is 9.78. The number of fused-ring (bicyclic) bond motifs is 2. The van der Waals surface area contributed by atoms with Crippen molar-refractivity contribution in [2.24, 2.45) is 16.7 Å². The van der Waals surface area contributed by atoms with Gasteiger partial charge in [-0.25, -0.2) is 0 Å². The van der Waals surface area contributed by atoms with Gasteiger partial charge in [0, 0.05) is 12.1 Å². The third-order valence-corrected chi connectivity index (χ3v) is 6.54. The fourth-order valence-corrected chi connectivity index (χ4v) is 4.60. The second kappa shape index (κ2) is 4.34. The van der Waals surface area contributed by atoms with Crippen LogP contribution in [0.15, 0.2) is 30.3 Å². The van der Waals surface area contributed by atoms with Gasteiger partial charge >= 0.3 is 0 Å². The predicted molar refractivity (Wildman–Crippen MR) is 81.0 cm³/mol. The van der Waals surface area contributed by atoms with E-state index >= 15 is 0 Å². The predicted octanol–water partition coefficient (Wildman–Crippen LogP) is 4.55. The van der Waals surface area contributed by atoms with Gasteiger partial charge in [0.15, 0.2) is 0 Å². The van der Waals surface area contributed by atoms with Crippen molar-refractivity contribution in [3.05, 3.63) is 35.9 Å². The molecule has 0 spiro atoms. The molecule has 0 aliphatic heterocycles. The van der Waals surface area contributed by atoms with Crippen LogP contribution in [0.1, 0.15) is 58.6 Å². The highest BCUT2D eigenvalue weighted by Crippen LogP contribution is 2.65. The fraction of sp³-hybridized carbons (Fsp3) is 0.667. The zero-order valence-corrected chi connectivity index (χ0v) is 12.7. The summed E-state index contributed by atoms with van der Waals surface area (Å²) in [6, 6.07) is 12.0. The molecule has 0 heterocycles. The van der Waals surface area contributed by atoms with Crippen LogP contribution in [0.2, 0.25) is 0 Å². The van der Waals surface area contributed by atoms with Crippen LogP contribution in [0.5, 0.6) is 0 Å². The van der Waals surface area contributed by atoms with Crippen LogP contribution in [0, 0.1) is 16.7 Å². The minimum atomic E-state index is 0.457. The maximum Gasteiger partial charge on any atom is 0.0294 e. The number of hydrogen-bond donors (Lipinski definition) is 1. The zero-order chi connectivity index (χ0) is 13.7. The van der Waals surface area contributed by atoms with Crippen molar-refractivity contribution >= 4 is 0 Å². The maximum atomic E-state index is 3.92. The summed E-state index contributed by atoms with van der Waals surface area (Å²) in [5, 5.41) is 3.92. The first-order chi connectivity index (χ1) is 8.95. The molecule has 2 aliphatic carbocycles. The summed E-state index contributed by atoms with van der Waals surface area (Å²) < 4.78 is 0. The van der Waals surface area contributed by atoms with Crippen LogP contribution in [-0.4, -0.2) is 6.04 Å². The van der Waals surface area contributed by atoms with Crippen LogP contribution in [-0.2, 0) is 0 Å². The first-order valence-electron chi connectivity index (χ1n) is 7.76. The van der Waals surface area contributed by atoms with E-state index in [1.165, 1.54) is 24.8 Å². The first-order valence-corrected chi connectivity index (χ1v) is 7.76. The average Bonchev–Trinajstić information content (AvgIpc) is 2.73. The van der Waals surface area contributed by atoms with Crippen molar-refractivity contribution in [3.63, 3.8) is 0 Å². The molecule has 2 bridgehead atoms. The molecule has 0 radical (unpaired) electrons. The Morgan fingerprint density at radius 1 is 1.16 bits per heavy atom. The lowest BCUT2D eigenvalue weighted by Crippen LogP contribution is -2.45. The van der Waals surface area contributed by atoms with Crippen molar-refractivity contribution in [1.82, 2.24) is 5.32 Å². The van der Waals surface area contributed by atoms with Gasteiger partial charge in [0.1, 0.15) is 0 Å². The molecule has 1 aromatic carbocycles. The summed E-state index contributed by atoms with van der Waals surface area (Å²) >= 11 is 0. The molecule has 2 aliphatic rings. The van der Waals surface area contributed by atoms with Gasteiger partial charge < -0.3 is 5.32 Å². The monoisotopic (exact) mass is 257 g/mol. The third kappa shape index (κ3) is 1.86. The highest BCUT2D eigenvalue weighted by atomic mass is 15.0. The summed E-state index contributed by atoms with van der Waals surface area (Å²) in [5.41, 5.74) is 2.38. The summed E-state index contributed by atoms with van der Waals surface area (Å²) in [6.07, 6.45) is 4.19. The lowest BCUT2D eigenvalue weighted by Gasteiger charge is -2.40. The average molecular weight is 257 g/mol. The number of benzene rings is 1. The van der Waals surface area contributed by atoms with Gasteiger partial charge in [0.25, 0.3) is 0 Å². The standard InChI is InChI=1S/C18H27N/c1-13(14-8-6-5-7-9-14)19-16-12-15-10-11-18(16,4)17(15,2)3/h5-9,13,15-16,19H,10-12H2,1-4H3/t13-,15-,16?,18+/m1/s1. The van der Waals surface area contributed by atoms with Gasteiger partial charge in [-0.3, -0.25) is 0 Å². The molecule has 3 rings (SSSR count). The topological polar surface area (TPSA) is 12.0 Å². The lowest BCUT2D eigenvalue weighted by atomic mass is 9.69. The van der Waals surface area contributed by atoms with Gasteiger partial charge in [0.05, 0.1) is 0 Å². The Balaban J connectivity index is 1.76. The van der Waals surface area contributed by atoms with E-state index in [-0.39, 0.29) is 0 Å². The van der Waals surface area contributed by atoms with E-state index in [1.807, 2.05) is 0 Å². The molecular weight excluding hydrogens is 230 g/mol. The molecule has 1 nitrogen and oxygen atoms in total. The maximum absolute atomic E-state index is 3.92. The number of nitrogens with one attached hydrogen (secondary N) is 1. The smallest absolute Gasteiger partial charge is 0.0294 e. The Kier molecular flexibility index (Phi) is 3.01. The number of hydrogen-bond acceptors (Lipinski definition) is 1. The number of rotatable bonds is 3. The summed E-state index contributed by atoms with van der Waals surface area (Å²) in [5.74, 6) is 0.915. The molecular formula is C18H27N. The zero-order valence-electron chi connectivity index (χ0n) is 12.7. The van der Waals surface area contributed by atoms with E-state index in [2.05, 4.69) is 63.3 Å². The van der Waals surface area contributed by atoms with Crippen molar-refractivity contribution in [2.45, 2.75) is 59.0 Å². The molecule has 104 valence electrons. The van der Waals surface area contributed by atoms with Gasteiger partial charge in [-0.1, -0.05) is 51.1 Å².